The van der Waals surface area contributed by atoms with Gasteiger partial charge in [0.15, 0.2) is 10.8 Å². The van der Waals surface area contributed by atoms with Gasteiger partial charge in [0.1, 0.15) is 17.9 Å². The van der Waals surface area contributed by atoms with Gasteiger partial charge >= 0.3 is 18.0 Å². The monoisotopic (exact) mass is 659 g/mol. The van der Waals surface area contributed by atoms with Crippen molar-refractivity contribution < 1.29 is 28.6 Å². The molecule has 0 saturated carbocycles. The van der Waals surface area contributed by atoms with Gasteiger partial charge in [0.25, 0.3) is 0 Å². The summed E-state index contributed by atoms with van der Waals surface area (Å²) in [7, 11) is 1.30. The normalized spacial score (nSPS) is 25.9. The number of esters is 1. The summed E-state index contributed by atoms with van der Waals surface area (Å²) in [6.07, 6.45) is 2.06. The summed E-state index contributed by atoms with van der Waals surface area (Å²) in [4.78, 5) is 55.8. The van der Waals surface area contributed by atoms with Crippen molar-refractivity contribution in [2.24, 2.45) is 4.99 Å². The van der Waals surface area contributed by atoms with Gasteiger partial charge < -0.3 is 25.0 Å². The van der Waals surface area contributed by atoms with Crippen LogP contribution in [0.2, 0.25) is 5.02 Å². The number of fused-ring (bicyclic) bond motifs is 1. The molecule has 3 fully saturated rings. The molecule has 4 aliphatic rings. The van der Waals surface area contributed by atoms with E-state index < -0.39 is 29.8 Å². The van der Waals surface area contributed by atoms with E-state index in [2.05, 4.69) is 15.2 Å². The predicted octanol–water partition coefficient (Wildman–Crippen LogP) is 2.81. The molecule has 3 saturated heterocycles. The first-order valence-corrected chi connectivity index (χ1v) is 16.1. The quantitative estimate of drug-likeness (QED) is 0.411. The third-order valence-corrected chi connectivity index (χ3v) is 10.1. The van der Waals surface area contributed by atoms with Crippen LogP contribution in [0.5, 0.6) is 0 Å². The zero-order valence-corrected chi connectivity index (χ0v) is 26.7. The van der Waals surface area contributed by atoms with Gasteiger partial charge in [-0.1, -0.05) is 17.7 Å². The van der Waals surface area contributed by atoms with E-state index in [1.54, 1.807) is 6.20 Å². The number of carbonyl (C=O) groups excluding carboxylic acids is 2. The minimum absolute atomic E-state index is 0.0542. The lowest BCUT2D eigenvalue weighted by Gasteiger charge is -2.38. The van der Waals surface area contributed by atoms with Gasteiger partial charge in [-0.15, -0.1) is 11.3 Å². The van der Waals surface area contributed by atoms with E-state index in [1.165, 1.54) is 36.6 Å². The molecule has 0 bridgehead atoms. The fourth-order valence-electron chi connectivity index (χ4n) is 6.82. The lowest BCUT2D eigenvalue weighted by molar-refractivity contribution is -0.142. The Hall–Kier alpha value is -3.59. The highest BCUT2D eigenvalue weighted by Crippen LogP contribution is 2.37. The molecule has 6 rings (SSSR count). The number of halogens is 2. The molecule has 4 aliphatic heterocycles. The zero-order valence-electron chi connectivity index (χ0n) is 25.2. The van der Waals surface area contributed by atoms with Crippen molar-refractivity contribution in [1.29, 1.82) is 0 Å². The molecular formula is C30H35ClFN7O5S. The molecule has 2 aromatic rings. The highest BCUT2D eigenvalue weighted by atomic mass is 35.5. The molecule has 4 atom stereocenters. The summed E-state index contributed by atoms with van der Waals surface area (Å²) in [6.45, 7) is 6.89. The van der Waals surface area contributed by atoms with Gasteiger partial charge in [-0.3, -0.25) is 19.6 Å². The van der Waals surface area contributed by atoms with Crippen LogP contribution in [0.15, 0.2) is 46.0 Å². The number of hydrogen-bond acceptors (Lipinski definition) is 10. The van der Waals surface area contributed by atoms with Gasteiger partial charge in [0.2, 0.25) is 0 Å². The van der Waals surface area contributed by atoms with Crippen molar-refractivity contribution in [3.8, 4) is 0 Å². The third kappa shape index (κ3) is 6.03. The number of carbonyl (C=O) groups is 3. The maximum atomic E-state index is 14.0. The molecule has 2 amide bonds. The number of aliphatic imine (C=N–C) groups is 1. The summed E-state index contributed by atoms with van der Waals surface area (Å²) >= 11 is 7.86. The summed E-state index contributed by atoms with van der Waals surface area (Å²) in [5.41, 5.74) is 1.28. The number of methoxy groups -OCH3 is 1. The number of carboxylic acid groups (broad SMARTS) is 1. The zero-order chi connectivity index (χ0) is 32.0. The van der Waals surface area contributed by atoms with Crippen molar-refractivity contribution >= 4 is 46.7 Å². The predicted molar refractivity (Wildman–Crippen MR) is 166 cm³/mol. The van der Waals surface area contributed by atoms with Crippen molar-refractivity contribution in [3.63, 3.8) is 0 Å². The van der Waals surface area contributed by atoms with Crippen molar-refractivity contribution in [2.45, 2.75) is 50.5 Å². The molecule has 1 aromatic heterocycles. The number of thiazole rings is 1. The fourth-order valence-corrected chi connectivity index (χ4v) is 7.67. The van der Waals surface area contributed by atoms with Crippen LogP contribution in [0.1, 0.15) is 36.9 Å². The number of hydrogen-bond donors (Lipinski definition) is 2. The summed E-state index contributed by atoms with van der Waals surface area (Å²) in [5, 5.41) is 15.7. The number of rotatable bonds is 8. The van der Waals surface area contributed by atoms with Crippen molar-refractivity contribution in [3.05, 3.63) is 62.5 Å². The average Bonchev–Trinajstić information content (AvgIpc) is 3.76. The van der Waals surface area contributed by atoms with Crippen LogP contribution < -0.4 is 5.32 Å². The van der Waals surface area contributed by atoms with Gasteiger partial charge in [0.05, 0.1) is 18.7 Å². The number of amides is 2. The molecule has 2 N–H and O–H groups in total. The Morgan fingerprint density at radius 1 is 1.20 bits per heavy atom. The Balaban J connectivity index is 1.25. The second kappa shape index (κ2) is 12.7. The molecule has 45 heavy (non-hydrogen) atoms. The van der Waals surface area contributed by atoms with Gasteiger partial charge in [0, 0.05) is 79.2 Å². The van der Waals surface area contributed by atoms with E-state index >= 15 is 0 Å². The van der Waals surface area contributed by atoms with E-state index in [4.69, 9.17) is 21.3 Å². The molecule has 240 valence electrons. The topological polar surface area (TPSA) is 131 Å². The molecule has 0 spiro atoms. The SMILES string of the molecule is COC(=O)C1=C(CN2CCN3C(=O)N([C@@H]4C[C@H](C(=O)O)N(C(C)C)C4)CC3C2)NC(c2nccs2)=NC1c1ccc(F)cc1Cl. The van der Waals surface area contributed by atoms with E-state index in [0.717, 1.165) is 0 Å². The van der Waals surface area contributed by atoms with Crippen LogP contribution >= 0.6 is 22.9 Å². The first kappa shape index (κ1) is 31.4. The number of carboxylic acids is 1. The molecule has 0 aliphatic carbocycles. The summed E-state index contributed by atoms with van der Waals surface area (Å²) in [5.74, 6) is -1.49. The van der Waals surface area contributed by atoms with Crippen LogP contribution in [0.4, 0.5) is 9.18 Å². The first-order chi connectivity index (χ1) is 21.5. The number of likely N-dealkylation sites (tertiary alicyclic amines) is 1. The Morgan fingerprint density at radius 3 is 2.64 bits per heavy atom. The maximum Gasteiger partial charge on any atom is 0.338 e. The first-order valence-electron chi connectivity index (χ1n) is 14.8. The van der Waals surface area contributed by atoms with Gasteiger partial charge in [-0.05, 0) is 32.4 Å². The highest BCUT2D eigenvalue weighted by molar-refractivity contribution is 7.11. The van der Waals surface area contributed by atoms with Crippen molar-refractivity contribution in [2.75, 3.05) is 46.4 Å². The maximum absolute atomic E-state index is 14.0. The second-order valence-electron chi connectivity index (χ2n) is 11.9. The summed E-state index contributed by atoms with van der Waals surface area (Å²) < 4.78 is 19.2. The number of piperazine rings is 1. The van der Waals surface area contributed by atoms with Gasteiger partial charge in [-0.2, -0.15) is 0 Å². The molecule has 2 unspecified atom stereocenters. The lowest BCUT2D eigenvalue weighted by Crippen LogP contribution is -2.53. The smallest absolute Gasteiger partial charge is 0.338 e. The van der Waals surface area contributed by atoms with E-state index in [-0.39, 0.29) is 34.8 Å². The Bertz CT molecular complexity index is 1550. The number of nitrogens with one attached hydrogen (secondary N) is 1. The Kier molecular flexibility index (Phi) is 8.83. The highest BCUT2D eigenvalue weighted by Gasteiger charge is 2.48. The fraction of sp³-hybridized carbons (Fsp3) is 0.500. The number of ether oxygens (including phenoxy) is 1. The van der Waals surface area contributed by atoms with Crippen LogP contribution in [-0.2, 0) is 14.3 Å². The average molecular weight is 660 g/mol. The Morgan fingerprint density at radius 2 is 2.00 bits per heavy atom. The number of amidine groups is 1. The van der Waals surface area contributed by atoms with E-state index in [9.17, 15) is 23.9 Å². The van der Waals surface area contributed by atoms with E-state index in [1.807, 2.05) is 33.9 Å². The molecular weight excluding hydrogens is 625 g/mol. The van der Waals surface area contributed by atoms with Crippen LogP contribution in [-0.4, -0.2) is 124 Å². The minimum Gasteiger partial charge on any atom is -0.480 e. The number of aromatic nitrogens is 1. The number of aliphatic carboxylic acids is 1. The van der Waals surface area contributed by atoms with Crippen LogP contribution in [0, 0.1) is 5.82 Å². The molecule has 15 heteroatoms. The molecule has 5 heterocycles. The third-order valence-electron chi connectivity index (χ3n) is 8.98. The molecule has 1 aromatic carbocycles. The summed E-state index contributed by atoms with van der Waals surface area (Å²) in [6, 6.07) is 2.24. The van der Waals surface area contributed by atoms with Crippen LogP contribution in [0.25, 0.3) is 0 Å². The largest absolute Gasteiger partial charge is 0.480 e. The van der Waals surface area contributed by atoms with E-state index in [0.29, 0.717) is 67.8 Å². The lowest BCUT2D eigenvalue weighted by atomic mass is 9.95. The second-order valence-corrected chi connectivity index (χ2v) is 13.2. The van der Waals surface area contributed by atoms with Crippen molar-refractivity contribution in [1.82, 2.24) is 29.9 Å². The Labute approximate surface area is 269 Å². The molecule has 0 radical (unpaired) electrons. The number of benzene rings is 1. The number of nitrogens with zero attached hydrogens (tertiary/aromatic N) is 6. The van der Waals surface area contributed by atoms with Gasteiger partial charge in [-0.25, -0.2) is 19.0 Å². The standard InChI is InChI=1S/C30H35ClFN7O5S/c1-16(2)38-13-18(11-23(38)28(40)41)39-14-19-12-36(7-8-37(19)30(39)43)15-22-24(29(42)44-3)25(20-5-4-17(32)10-21(20)31)35-26(34-22)27-33-6-9-45-27/h4-6,9-10,16,18-19,23,25H,7-8,11-15H2,1-3H3,(H,34,35)(H,40,41)/t18-,19?,23-,25?/m1/s1. The molecule has 12 nitrogen and oxygen atoms in total. The van der Waals surface area contributed by atoms with Crippen LogP contribution in [0.3, 0.4) is 0 Å². The minimum atomic E-state index is -0.864. The number of urea groups is 1.